The van der Waals surface area contributed by atoms with Gasteiger partial charge >= 0.3 is 12.1 Å². The van der Waals surface area contributed by atoms with E-state index in [1.807, 2.05) is 49.4 Å². The molecule has 0 radical (unpaired) electrons. The number of aliphatic hydroxyl groups is 1. The molecule has 0 spiro atoms. The number of carbonyl (C=O) groups is 3. The number of aromatic nitrogens is 1. The van der Waals surface area contributed by atoms with E-state index in [9.17, 15) is 19.5 Å². The summed E-state index contributed by atoms with van der Waals surface area (Å²) in [5.41, 5.74) is 2.21. The van der Waals surface area contributed by atoms with Gasteiger partial charge in [0.2, 0.25) is 0 Å². The van der Waals surface area contributed by atoms with Crippen LogP contribution >= 0.6 is 0 Å². The molecule has 0 bridgehead atoms. The first-order valence-electron chi connectivity index (χ1n) is 14.8. The summed E-state index contributed by atoms with van der Waals surface area (Å²) in [4.78, 5) is 43.4. The Balaban J connectivity index is 1.43. The number of benzene rings is 3. The van der Waals surface area contributed by atoms with E-state index in [0.29, 0.717) is 22.8 Å². The number of aliphatic hydroxyl groups excluding tert-OH is 1. The molecule has 0 fully saturated rings. The van der Waals surface area contributed by atoms with Gasteiger partial charge in [0, 0.05) is 24.9 Å². The van der Waals surface area contributed by atoms with Crippen molar-refractivity contribution >= 4 is 45.8 Å². The van der Waals surface area contributed by atoms with E-state index in [0.717, 1.165) is 10.8 Å². The molecule has 0 unspecified atom stereocenters. The van der Waals surface area contributed by atoms with Crippen LogP contribution in [0.15, 0.2) is 65.2 Å². The van der Waals surface area contributed by atoms with E-state index in [4.69, 9.17) is 9.26 Å². The Morgan fingerprint density at radius 1 is 1.04 bits per heavy atom. The maximum Gasteiger partial charge on any atom is 0.323 e. The normalized spacial score (nSPS) is 17.0. The van der Waals surface area contributed by atoms with Crippen LogP contribution in [0, 0.1) is 19.8 Å². The van der Waals surface area contributed by atoms with Crippen molar-refractivity contribution < 1.29 is 28.8 Å². The molecule has 4 N–H and O–H groups in total. The topological polar surface area (TPSA) is 149 Å². The standard InChI is InChI=1S/C33H38N6O6/c1-19-16-39(20(2)18-40)31(41)25-13-9-15-27(35-32(42)34-26-14-8-11-23-10-6-7-12-24(23)26)30(25)44-28(19)17-38(5)33(43)36-29-21(3)37-45-22(29)4/h6-15,19-20,28,40H,16-18H2,1-5H3,(H,36,43)(H2,34,35,42)/t19-,20-,28-/m0/s1. The van der Waals surface area contributed by atoms with Crippen molar-refractivity contribution in [2.45, 2.75) is 39.8 Å². The molecule has 5 amide bonds. The molecule has 3 atom stereocenters. The third-order valence-electron chi connectivity index (χ3n) is 8.04. The number of hydrogen-bond donors (Lipinski definition) is 4. The lowest BCUT2D eigenvalue weighted by Gasteiger charge is -2.38. The van der Waals surface area contributed by atoms with Crippen molar-refractivity contribution in [1.82, 2.24) is 15.0 Å². The molecule has 3 aromatic carbocycles. The van der Waals surface area contributed by atoms with Gasteiger partial charge in [-0.25, -0.2) is 9.59 Å². The molecule has 5 rings (SSSR count). The molecule has 12 nitrogen and oxygen atoms in total. The van der Waals surface area contributed by atoms with Crippen LogP contribution in [-0.4, -0.2) is 76.9 Å². The zero-order valence-corrected chi connectivity index (χ0v) is 26.0. The third-order valence-corrected chi connectivity index (χ3v) is 8.04. The number of likely N-dealkylation sites (N-methyl/N-ethyl adjacent to an activating group) is 1. The first kappa shape index (κ1) is 31.3. The highest BCUT2D eigenvalue weighted by molar-refractivity contribution is 6.08. The highest BCUT2D eigenvalue weighted by Crippen LogP contribution is 2.35. The van der Waals surface area contributed by atoms with Gasteiger partial charge in [0.05, 0.1) is 36.1 Å². The van der Waals surface area contributed by atoms with Crippen LogP contribution < -0.4 is 20.7 Å². The van der Waals surface area contributed by atoms with E-state index in [1.54, 1.807) is 50.9 Å². The van der Waals surface area contributed by atoms with Gasteiger partial charge in [-0.1, -0.05) is 54.5 Å². The molecular formula is C33H38N6O6. The smallest absolute Gasteiger partial charge is 0.323 e. The minimum Gasteiger partial charge on any atom is -0.485 e. The fourth-order valence-corrected chi connectivity index (χ4v) is 5.39. The van der Waals surface area contributed by atoms with Crippen LogP contribution in [0.5, 0.6) is 5.75 Å². The number of nitrogens with one attached hydrogen (secondary N) is 3. The number of hydrogen-bond acceptors (Lipinski definition) is 7. The van der Waals surface area contributed by atoms with Crippen LogP contribution in [0.2, 0.25) is 0 Å². The molecule has 4 aromatic rings. The quantitative estimate of drug-likeness (QED) is 0.216. The summed E-state index contributed by atoms with van der Waals surface area (Å²) in [5, 5.41) is 24.3. The van der Waals surface area contributed by atoms with E-state index >= 15 is 0 Å². The Morgan fingerprint density at radius 2 is 1.73 bits per heavy atom. The number of urea groups is 2. The van der Waals surface area contributed by atoms with Gasteiger partial charge in [0.15, 0.2) is 11.5 Å². The molecule has 45 heavy (non-hydrogen) atoms. The van der Waals surface area contributed by atoms with E-state index < -0.39 is 18.2 Å². The lowest BCUT2D eigenvalue weighted by Crippen LogP contribution is -2.50. The second-order valence-corrected chi connectivity index (χ2v) is 11.4. The molecule has 12 heteroatoms. The monoisotopic (exact) mass is 614 g/mol. The first-order chi connectivity index (χ1) is 21.6. The van der Waals surface area contributed by atoms with Crippen LogP contribution in [0.25, 0.3) is 10.8 Å². The lowest BCUT2D eigenvalue weighted by atomic mass is 9.99. The lowest BCUT2D eigenvalue weighted by molar-refractivity contribution is 0.0373. The van der Waals surface area contributed by atoms with Crippen LogP contribution in [0.3, 0.4) is 0 Å². The summed E-state index contributed by atoms with van der Waals surface area (Å²) in [7, 11) is 1.64. The van der Waals surface area contributed by atoms with Crippen LogP contribution in [0.1, 0.15) is 35.7 Å². The minimum atomic E-state index is -0.588. The maximum atomic E-state index is 13.8. The Hall–Kier alpha value is -5.10. The predicted octanol–water partition coefficient (Wildman–Crippen LogP) is 5.47. The number of amides is 5. The average Bonchev–Trinajstić information content (AvgIpc) is 3.34. The van der Waals surface area contributed by atoms with Crippen molar-refractivity contribution in [3.63, 3.8) is 0 Å². The number of ether oxygens (including phenoxy) is 1. The van der Waals surface area contributed by atoms with Crippen molar-refractivity contribution in [3.05, 3.63) is 77.7 Å². The Bertz CT molecular complexity index is 1700. The highest BCUT2D eigenvalue weighted by Gasteiger charge is 2.35. The Morgan fingerprint density at radius 3 is 2.47 bits per heavy atom. The minimum absolute atomic E-state index is 0.155. The summed E-state index contributed by atoms with van der Waals surface area (Å²) < 4.78 is 11.7. The maximum absolute atomic E-state index is 13.8. The summed E-state index contributed by atoms with van der Waals surface area (Å²) in [6.45, 7) is 7.34. The molecule has 1 aromatic heterocycles. The Kier molecular flexibility index (Phi) is 9.24. The third kappa shape index (κ3) is 6.70. The molecule has 236 valence electrons. The second kappa shape index (κ2) is 13.3. The Labute approximate surface area is 261 Å². The van der Waals surface area contributed by atoms with E-state index in [1.165, 1.54) is 4.90 Å². The number of para-hydroxylation sites is 1. The van der Waals surface area contributed by atoms with Crippen molar-refractivity contribution in [2.75, 3.05) is 42.7 Å². The van der Waals surface area contributed by atoms with E-state index in [-0.39, 0.29) is 54.6 Å². The molecule has 0 aliphatic carbocycles. The largest absolute Gasteiger partial charge is 0.485 e. The highest BCUT2D eigenvalue weighted by atomic mass is 16.5. The van der Waals surface area contributed by atoms with Gasteiger partial charge in [-0.05, 0) is 44.4 Å². The number of aryl methyl sites for hydroxylation is 2. The number of rotatable bonds is 7. The molecular weight excluding hydrogens is 576 g/mol. The SMILES string of the molecule is Cc1noc(C)c1NC(=O)N(C)C[C@@H]1Oc2c(NC(=O)Nc3cccc4ccccc34)cccc2C(=O)N([C@@H](C)CO)C[C@@H]1C. The van der Waals surface area contributed by atoms with Crippen molar-refractivity contribution in [1.29, 1.82) is 0 Å². The predicted molar refractivity (Wildman–Crippen MR) is 172 cm³/mol. The molecule has 0 saturated heterocycles. The number of fused-ring (bicyclic) bond motifs is 2. The van der Waals surface area contributed by atoms with Gasteiger partial charge in [-0.15, -0.1) is 0 Å². The molecule has 2 heterocycles. The van der Waals surface area contributed by atoms with Crippen molar-refractivity contribution in [2.24, 2.45) is 5.92 Å². The zero-order chi connectivity index (χ0) is 32.2. The molecule has 1 aliphatic rings. The molecule has 1 aliphatic heterocycles. The molecule has 0 saturated carbocycles. The zero-order valence-electron chi connectivity index (χ0n) is 26.0. The summed E-state index contributed by atoms with van der Waals surface area (Å²) in [5.74, 6) is 0.0765. The first-order valence-corrected chi connectivity index (χ1v) is 14.8. The van der Waals surface area contributed by atoms with Gasteiger partial charge in [-0.2, -0.15) is 0 Å². The number of carbonyl (C=O) groups excluding carboxylic acids is 3. The van der Waals surface area contributed by atoms with Gasteiger partial charge in [-0.3, -0.25) is 4.79 Å². The second-order valence-electron chi connectivity index (χ2n) is 11.4. The fraction of sp³-hybridized carbons (Fsp3) is 0.333. The van der Waals surface area contributed by atoms with Gasteiger partial charge in [0.1, 0.15) is 17.5 Å². The summed E-state index contributed by atoms with van der Waals surface area (Å²) >= 11 is 0. The van der Waals surface area contributed by atoms with Crippen LogP contribution in [-0.2, 0) is 0 Å². The summed E-state index contributed by atoms with van der Waals surface area (Å²) in [6, 6.07) is 16.9. The van der Waals surface area contributed by atoms with Gasteiger partial charge < -0.3 is 40.1 Å². The van der Waals surface area contributed by atoms with Crippen LogP contribution in [0.4, 0.5) is 26.7 Å². The summed E-state index contributed by atoms with van der Waals surface area (Å²) in [6.07, 6.45) is -0.588. The van der Waals surface area contributed by atoms with Crippen molar-refractivity contribution in [3.8, 4) is 5.75 Å². The average molecular weight is 615 g/mol. The fourth-order valence-electron chi connectivity index (χ4n) is 5.39. The number of nitrogens with zero attached hydrogens (tertiary/aromatic N) is 3. The number of anilines is 3. The van der Waals surface area contributed by atoms with E-state index in [2.05, 4.69) is 21.1 Å². The van der Waals surface area contributed by atoms with Gasteiger partial charge in [0.25, 0.3) is 5.91 Å².